The van der Waals surface area contributed by atoms with Crippen LogP contribution in [-0.2, 0) is 4.79 Å². The van der Waals surface area contributed by atoms with Gasteiger partial charge in [0, 0.05) is 34.1 Å². The molecule has 5 heteroatoms. The standard InChI is InChI=1S/C11H14Br2N2O/c1-2-14-11(16)5-6-15-10-4-3-8(12)7-9(10)13/h3-4,7,15H,2,5-6H2,1H3,(H,14,16). The number of benzene rings is 1. The number of carbonyl (C=O) groups is 1. The van der Waals surface area contributed by atoms with Crippen LogP contribution in [-0.4, -0.2) is 19.0 Å². The number of anilines is 1. The minimum Gasteiger partial charge on any atom is -0.384 e. The van der Waals surface area contributed by atoms with E-state index in [0.717, 1.165) is 14.6 Å². The number of nitrogens with one attached hydrogen (secondary N) is 2. The Kier molecular flexibility index (Phi) is 5.84. The molecule has 0 radical (unpaired) electrons. The second kappa shape index (κ2) is 6.91. The van der Waals surface area contributed by atoms with Crippen LogP contribution in [0.3, 0.4) is 0 Å². The molecule has 2 N–H and O–H groups in total. The van der Waals surface area contributed by atoms with Crippen molar-refractivity contribution < 1.29 is 4.79 Å². The zero-order valence-electron chi connectivity index (χ0n) is 9.02. The lowest BCUT2D eigenvalue weighted by atomic mass is 10.3. The van der Waals surface area contributed by atoms with E-state index in [2.05, 4.69) is 42.5 Å². The summed E-state index contributed by atoms with van der Waals surface area (Å²) in [5, 5.41) is 5.96. The number of halogens is 2. The van der Waals surface area contributed by atoms with Crippen molar-refractivity contribution in [2.75, 3.05) is 18.4 Å². The summed E-state index contributed by atoms with van der Waals surface area (Å²) in [4.78, 5) is 11.2. The van der Waals surface area contributed by atoms with E-state index in [1.807, 2.05) is 25.1 Å². The fourth-order valence-electron chi connectivity index (χ4n) is 1.23. The van der Waals surface area contributed by atoms with Gasteiger partial charge in [0.2, 0.25) is 5.91 Å². The van der Waals surface area contributed by atoms with Crippen LogP contribution in [0.2, 0.25) is 0 Å². The molecule has 3 nitrogen and oxygen atoms in total. The maximum atomic E-state index is 11.2. The van der Waals surface area contributed by atoms with Crippen molar-refractivity contribution in [3.05, 3.63) is 27.1 Å². The van der Waals surface area contributed by atoms with Gasteiger partial charge < -0.3 is 10.6 Å². The lowest BCUT2D eigenvalue weighted by molar-refractivity contribution is -0.120. The van der Waals surface area contributed by atoms with Crippen molar-refractivity contribution in [2.45, 2.75) is 13.3 Å². The minimum absolute atomic E-state index is 0.0724. The van der Waals surface area contributed by atoms with Gasteiger partial charge in [-0.1, -0.05) is 15.9 Å². The molecular weight excluding hydrogens is 336 g/mol. The average molecular weight is 350 g/mol. The topological polar surface area (TPSA) is 41.1 Å². The molecule has 0 bridgehead atoms. The SMILES string of the molecule is CCNC(=O)CCNc1ccc(Br)cc1Br. The van der Waals surface area contributed by atoms with Crippen LogP contribution in [0.1, 0.15) is 13.3 Å². The smallest absolute Gasteiger partial charge is 0.221 e. The number of hydrogen-bond donors (Lipinski definition) is 2. The lowest BCUT2D eigenvalue weighted by Gasteiger charge is -2.08. The summed E-state index contributed by atoms with van der Waals surface area (Å²) in [5.41, 5.74) is 0.993. The number of rotatable bonds is 5. The van der Waals surface area contributed by atoms with E-state index in [9.17, 15) is 4.79 Å². The van der Waals surface area contributed by atoms with Gasteiger partial charge in [0.15, 0.2) is 0 Å². The summed E-state index contributed by atoms with van der Waals surface area (Å²) >= 11 is 6.84. The maximum absolute atomic E-state index is 11.2. The van der Waals surface area contributed by atoms with Crippen LogP contribution in [0.5, 0.6) is 0 Å². The molecule has 1 aromatic carbocycles. The summed E-state index contributed by atoms with van der Waals surface area (Å²) in [6.45, 7) is 3.23. The van der Waals surface area contributed by atoms with Crippen LogP contribution < -0.4 is 10.6 Å². The van der Waals surface area contributed by atoms with Crippen LogP contribution in [0.4, 0.5) is 5.69 Å². The second-order valence-corrected chi connectivity index (χ2v) is 5.02. The molecule has 1 rings (SSSR count). The summed E-state index contributed by atoms with van der Waals surface area (Å²) in [6, 6.07) is 5.89. The third-order valence-corrected chi connectivity index (χ3v) is 3.12. The van der Waals surface area contributed by atoms with Gasteiger partial charge in [-0.05, 0) is 41.1 Å². The molecular formula is C11H14Br2N2O. The van der Waals surface area contributed by atoms with E-state index in [-0.39, 0.29) is 5.91 Å². The van der Waals surface area contributed by atoms with Crippen molar-refractivity contribution in [1.29, 1.82) is 0 Å². The molecule has 0 spiro atoms. The largest absolute Gasteiger partial charge is 0.384 e. The third-order valence-electron chi connectivity index (χ3n) is 1.97. The number of hydrogen-bond acceptors (Lipinski definition) is 2. The average Bonchev–Trinajstić information content (AvgIpc) is 2.22. The Hall–Kier alpha value is -0.550. The van der Waals surface area contributed by atoms with Gasteiger partial charge in [0.25, 0.3) is 0 Å². The number of amides is 1. The molecule has 0 saturated heterocycles. The molecule has 0 aliphatic heterocycles. The van der Waals surface area contributed by atoms with E-state index < -0.39 is 0 Å². The van der Waals surface area contributed by atoms with E-state index in [1.165, 1.54) is 0 Å². The monoisotopic (exact) mass is 348 g/mol. The van der Waals surface area contributed by atoms with Gasteiger partial charge in [0.05, 0.1) is 0 Å². The van der Waals surface area contributed by atoms with Crippen LogP contribution in [0, 0.1) is 0 Å². The molecule has 0 atom stereocenters. The molecule has 0 aliphatic rings. The fourth-order valence-corrected chi connectivity index (χ4v) is 2.42. The molecule has 0 aliphatic carbocycles. The van der Waals surface area contributed by atoms with E-state index in [4.69, 9.17) is 0 Å². The van der Waals surface area contributed by atoms with Crippen LogP contribution >= 0.6 is 31.9 Å². The normalized spacial score (nSPS) is 9.94. The molecule has 1 aromatic rings. The van der Waals surface area contributed by atoms with Crippen molar-refractivity contribution in [2.24, 2.45) is 0 Å². The zero-order chi connectivity index (χ0) is 12.0. The van der Waals surface area contributed by atoms with Crippen LogP contribution in [0.25, 0.3) is 0 Å². The fraction of sp³-hybridized carbons (Fsp3) is 0.364. The van der Waals surface area contributed by atoms with Crippen molar-refractivity contribution in [3.8, 4) is 0 Å². The van der Waals surface area contributed by atoms with Crippen LogP contribution in [0.15, 0.2) is 27.1 Å². The Bertz CT molecular complexity index is 369. The Morgan fingerprint density at radius 1 is 1.38 bits per heavy atom. The molecule has 0 heterocycles. The summed E-state index contributed by atoms with van der Waals surface area (Å²) < 4.78 is 2.01. The second-order valence-electron chi connectivity index (χ2n) is 3.25. The highest BCUT2D eigenvalue weighted by Gasteiger charge is 2.02. The van der Waals surface area contributed by atoms with Gasteiger partial charge >= 0.3 is 0 Å². The zero-order valence-corrected chi connectivity index (χ0v) is 12.2. The van der Waals surface area contributed by atoms with Gasteiger partial charge in [-0.2, -0.15) is 0 Å². The van der Waals surface area contributed by atoms with Gasteiger partial charge in [0.1, 0.15) is 0 Å². The molecule has 88 valence electrons. The molecule has 0 aromatic heterocycles. The first kappa shape index (κ1) is 13.5. The van der Waals surface area contributed by atoms with Crippen molar-refractivity contribution >= 4 is 43.5 Å². The summed E-state index contributed by atoms with van der Waals surface area (Å²) in [6.07, 6.45) is 0.482. The highest BCUT2D eigenvalue weighted by Crippen LogP contribution is 2.25. The Balaban J connectivity index is 2.40. The summed E-state index contributed by atoms with van der Waals surface area (Å²) in [7, 11) is 0. The number of carbonyl (C=O) groups excluding carboxylic acids is 1. The van der Waals surface area contributed by atoms with Crippen molar-refractivity contribution in [1.82, 2.24) is 5.32 Å². The lowest BCUT2D eigenvalue weighted by Crippen LogP contribution is -2.24. The molecule has 0 fully saturated rings. The third kappa shape index (κ3) is 4.53. The Morgan fingerprint density at radius 3 is 2.75 bits per heavy atom. The maximum Gasteiger partial charge on any atom is 0.221 e. The van der Waals surface area contributed by atoms with E-state index in [1.54, 1.807) is 0 Å². The Labute approximate surface area is 112 Å². The first-order valence-electron chi connectivity index (χ1n) is 5.09. The first-order chi connectivity index (χ1) is 7.63. The van der Waals surface area contributed by atoms with Crippen molar-refractivity contribution in [3.63, 3.8) is 0 Å². The first-order valence-corrected chi connectivity index (χ1v) is 6.67. The van der Waals surface area contributed by atoms with Gasteiger partial charge in [-0.25, -0.2) is 0 Å². The quantitative estimate of drug-likeness (QED) is 0.857. The molecule has 0 saturated carbocycles. The predicted molar refractivity (Wildman–Crippen MR) is 73.6 cm³/mol. The van der Waals surface area contributed by atoms with E-state index in [0.29, 0.717) is 19.5 Å². The molecule has 1 amide bonds. The predicted octanol–water partition coefficient (Wildman–Crippen LogP) is 3.15. The molecule has 16 heavy (non-hydrogen) atoms. The van der Waals surface area contributed by atoms with Gasteiger partial charge in [-0.15, -0.1) is 0 Å². The Morgan fingerprint density at radius 2 is 2.12 bits per heavy atom. The minimum atomic E-state index is 0.0724. The highest BCUT2D eigenvalue weighted by atomic mass is 79.9. The highest BCUT2D eigenvalue weighted by molar-refractivity contribution is 9.11. The van der Waals surface area contributed by atoms with E-state index >= 15 is 0 Å². The summed E-state index contributed by atoms with van der Waals surface area (Å²) in [5.74, 6) is 0.0724. The van der Waals surface area contributed by atoms with Gasteiger partial charge in [-0.3, -0.25) is 4.79 Å². The molecule has 0 unspecified atom stereocenters.